The number of primary amides is 1. The van der Waals surface area contributed by atoms with Gasteiger partial charge in [-0.2, -0.15) is 0 Å². The third-order valence-electron chi connectivity index (χ3n) is 19.3. The van der Waals surface area contributed by atoms with Crippen molar-refractivity contribution in [2.45, 2.75) is 170 Å². The Labute approximate surface area is 648 Å². The van der Waals surface area contributed by atoms with E-state index >= 15 is 14.4 Å². The second kappa shape index (κ2) is 34.4. The van der Waals surface area contributed by atoms with Crippen LogP contribution in [-0.4, -0.2) is 191 Å². The van der Waals surface area contributed by atoms with E-state index in [1.165, 1.54) is 51.2 Å². The van der Waals surface area contributed by atoms with Gasteiger partial charge in [0.15, 0.2) is 29.9 Å². The zero-order chi connectivity index (χ0) is 79.8. The van der Waals surface area contributed by atoms with Crippen molar-refractivity contribution in [3.8, 4) is 62.9 Å². The normalized spacial score (nSPS) is 27.7. The van der Waals surface area contributed by atoms with Gasteiger partial charge >= 0.3 is 5.97 Å². The Kier molecular flexibility index (Phi) is 25.9. The Bertz CT molecular complexity index is 4580. The highest BCUT2D eigenvalue weighted by molar-refractivity contribution is 6.32. The molecule has 34 nitrogen and oxygen atoms in total. The molecule has 10 unspecified atom stereocenters. The number of hydrogen-bond donors (Lipinski definition) is 20. The van der Waals surface area contributed by atoms with E-state index in [0.29, 0.717) is 5.56 Å². The number of aliphatic hydroxyl groups is 5. The number of fused-ring (bicyclic) bond motifs is 15. The summed E-state index contributed by atoms with van der Waals surface area (Å²) in [7, 11) is 1.47. The van der Waals surface area contributed by atoms with Crippen LogP contribution < -0.4 is 68.2 Å². The van der Waals surface area contributed by atoms with Gasteiger partial charge in [-0.25, -0.2) is 4.79 Å². The molecule has 0 aliphatic carbocycles. The fraction of sp³-hybridized carbons (Fsp3) is 0.405. The van der Waals surface area contributed by atoms with Crippen molar-refractivity contribution in [1.29, 1.82) is 0 Å². The number of carboxylic acids is 1. The summed E-state index contributed by atoms with van der Waals surface area (Å²) in [4.78, 5) is 118. The number of phenols is 4. The lowest BCUT2D eigenvalue weighted by Crippen LogP contribution is -2.65. The van der Waals surface area contributed by atoms with E-state index in [4.69, 9.17) is 74.7 Å². The minimum absolute atomic E-state index is 0. The van der Waals surface area contributed by atoms with Crippen molar-refractivity contribution in [2.24, 2.45) is 17.4 Å². The van der Waals surface area contributed by atoms with Gasteiger partial charge < -0.3 is 133 Å². The SMILES string of the molecule is C.CN[C@@H](CC(C)C)C(=O)N[C@H]1C(=O)N[C@@H](CC(N)=O)C(=O)N[C@H]2C(=O)NC3C(=O)N[C@H](C(=O)N[C@@H](C(=O)O)c4cc(O)cc(O)c4-c4cc3ccc4O)[C@H](O)c3ccc(c(Cl)c3)Oc3cc2cc(c3OC2OC(CNCc3cc(Cl)ccc3O)C(O)C(O)C2OC2CC(C)(N)C(O)C(C)O2)Oc2ccc(cc2Cl)[C@H]1O. The highest BCUT2D eigenvalue weighted by atomic mass is 35.5. The lowest BCUT2D eigenvalue weighted by molar-refractivity contribution is -0.330. The number of amides is 7. The maximum absolute atomic E-state index is 16.2. The number of aromatic hydroxyl groups is 4. The fourth-order valence-electron chi connectivity index (χ4n) is 13.6. The average molecular weight is 1600 g/mol. The quantitative estimate of drug-likeness (QED) is 0.0662. The summed E-state index contributed by atoms with van der Waals surface area (Å²) in [5.74, 6) is -16.2. The van der Waals surface area contributed by atoms with E-state index in [1.54, 1.807) is 0 Å². The van der Waals surface area contributed by atoms with Gasteiger partial charge in [-0.1, -0.05) is 74.3 Å². The molecule has 2 saturated heterocycles. The number of halogens is 3. The Morgan fingerprint density at radius 2 is 1.30 bits per heavy atom. The molecule has 0 aromatic heterocycles. The molecule has 6 aromatic carbocycles. The third kappa shape index (κ3) is 18.4. The van der Waals surface area contributed by atoms with Crippen LogP contribution in [0.4, 0.5) is 0 Å². The Hall–Kier alpha value is -9.89. The first-order chi connectivity index (χ1) is 52.0. The molecule has 7 heterocycles. The Morgan fingerprint density at radius 3 is 1.91 bits per heavy atom. The highest BCUT2D eigenvalue weighted by Crippen LogP contribution is 2.50. The number of ether oxygens (including phenoxy) is 6. The van der Waals surface area contributed by atoms with Crippen LogP contribution in [0.5, 0.6) is 51.7 Å². The number of rotatable bonds is 16. The monoisotopic (exact) mass is 1600 g/mol. The zero-order valence-electron chi connectivity index (χ0n) is 59.1. The molecule has 7 aliphatic rings. The smallest absolute Gasteiger partial charge is 0.330 e. The third-order valence-corrected chi connectivity index (χ3v) is 20.1. The molecule has 2 fully saturated rings. The lowest BCUT2D eigenvalue weighted by atomic mass is 9.86. The maximum atomic E-state index is 16.2. The first-order valence-electron chi connectivity index (χ1n) is 34.5. The molecule has 7 aliphatic heterocycles. The van der Waals surface area contributed by atoms with Crippen molar-refractivity contribution in [3.63, 3.8) is 0 Å². The van der Waals surface area contributed by atoms with Gasteiger partial charge in [0.25, 0.3) is 0 Å². The van der Waals surface area contributed by atoms with Gasteiger partial charge in [0.2, 0.25) is 53.4 Å². The van der Waals surface area contributed by atoms with Gasteiger partial charge in [-0.05, 0) is 128 Å². The van der Waals surface area contributed by atoms with Gasteiger partial charge in [0.1, 0.15) is 95.2 Å². The molecule has 0 saturated carbocycles. The molecule has 37 heteroatoms. The Morgan fingerprint density at radius 1 is 0.685 bits per heavy atom. The van der Waals surface area contributed by atoms with Crippen molar-refractivity contribution in [3.05, 3.63) is 146 Å². The number of aliphatic carboxylic acids is 1. The number of carbonyl (C=O) groups is 8. The minimum atomic E-state index is -2.36. The van der Waals surface area contributed by atoms with E-state index in [9.17, 15) is 75.0 Å². The molecule has 22 N–H and O–H groups in total. The van der Waals surface area contributed by atoms with Crippen LogP contribution >= 0.6 is 34.8 Å². The van der Waals surface area contributed by atoms with E-state index in [2.05, 4.69) is 42.5 Å². The lowest BCUT2D eigenvalue weighted by Gasteiger charge is -2.47. The van der Waals surface area contributed by atoms with E-state index < -0.39 is 231 Å². The standard InChI is InChI=1S/C73H81Cl3N10O24.CH4/c1-27(2)14-40(79-5)65(97)85-56-58(92)30-7-12-45(38(75)17-30)106-47-19-32-20-48(62(47)110-72-63(109-51-24-73(4,78)64(96)28(3)105-51)61(95)60(94)49(108-72)26-80-25-33-15-34(74)9-11-42(33)88)107-46-13-8-31(18-39(46)76)59(93)57-70(102)84-55(71(103)104)37-21-35(87)22-44(90)52(37)36-16-29(6-10-43(36)89)53(67(99)86-57)83-68(100)54(32)82-66(98)41(23-50(77)91)81-69(56)101;/h6-13,15-22,27-28,40-41,49,51,53-61,63-64,72,79-80,87-90,92-96H,14,23-26,78H2,1-5H3,(H2,77,91)(H,81,101)(H,82,98)(H,83,100)(H,84,102)(H,85,97)(H,86,99)(H,103,104);1H4/t28?,40-,41-,49?,51?,53?,54+,55+,56+,57-,58+,59+,60?,61?,63?,64?,72?,73?;/m0./s1. The molecule has 7 amide bonds. The first kappa shape index (κ1) is 83.6. The minimum Gasteiger partial charge on any atom is -0.508 e. The number of carboxylic acid groups (broad SMARTS) is 1. The summed E-state index contributed by atoms with van der Waals surface area (Å²) in [6.45, 7) is 6.21. The predicted octanol–water partition coefficient (Wildman–Crippen LogP) is 2.90. The first-order valence-corrected chi connectivity index (χ1v) is 35.7. The van der Waals surface area contributed by atoms with Crippen LogP contribution in [0.1, 0.15) is 118 Å². The molecular weight excluding hydrogens is 1520 g/mol. The van der Waals surface area contributed by atoms with E-state index in [0.717, 1.165) is 66.7 Å². The van der Waals surface area contributed by atoms with Crippen LogP contribution in [0, 0.1) is 5.92 Å². The average Bonchev–Trinajstić information content (AvgIpc) is 0.766. The number of aliphatic hydroxyl groups excluding tert-OH is 5. The van der Waals surface area contributed by atoms with E-state index in [-0.39, 0.29) is 77.5 Å². The second-order valence-electron chi connectivity index (χ2n) is 27.9. The number of nitrogens with two attached hydrogens (primary N) is 2. The fourth-order valence-corrected chi connectivity index (χ4v) is 14.2. The Balaban J connectivity index is 0.0000131. The molecular formula is C74H85Cl3N10O24. The van der Waals surface area contributed by atoms with E-state index in [1.807, 2.05) is 13.8 Å². The van der Waals surface area contributed by atoms with Crippen LogP contribution in [-0.2, 0) is 59.1 Å². The predicted molar refractivity (Wildman–Crippen MR) is 394 cm³/mol. The zero-order valence-corrected chi connectivity index (χ0v) is 61.4. The maximum Gasteiger partial charge on any atom is 0.330 e. The number of likely N-dealkylation sites (N-methyl/N-ethyl adjacent to an activating group) is 1. The van der Waals surface area contributed by atoms with Crippen molar-refractivity contribution in [1.82, 2.24) is 42.5 Å². The molecule has 111 heavy (non-hydrogen) atoms. The van der Waals surface area contributed by atoms with Crippen LogP contribution in [0.15, 0.2) is 97.1 Å². The number of phenolic OH excluding ortho intramolecular Hbond substituents is 4. The van der Waals surface area contributed by atoms with Crippen LogP contribution in [0.2, 0.25) is 15.1 Å². The molecule has 18 atom stereocenters. The van der Waals surface area contributed by atoms with Gasteiger partial charge in [-0.3, -0.25) is 33.6 Å². The number of nitrogens with one attached hydrogen (secondary N) is 8. The highest BCUT2D eigenvalue weighted by Gasteiger charge is 2.52. The molecule has 13 rings (SSSR count). The second-order valence-corrected chi connectivity index (χ2v) is 29.2. The molecule has 596 valence electrons. The number of hydrogen-bond acceptors (Lipinski definition) is 26. The van der Waals surface area contributed by atoms with Crippen LogP contribution in [0.25, 0.3) is 11.1 Å². The number of carbonyl (C=O) groups excluding carboxylic acids is 7. The molecule has 0 spiro atoms. The summed E-state index contributed by atoms with van der Waals surface area (Å²) in [6, 6.07) is 3.61. The van der Waals surface area contributed by atoms with Gasteiger partial charge in [-0.15, -0.1) is 0 Å². The summed E-state index contributed by atoms with van der Waals surface area (Å²) in [5.41, 5.74) is 8.40. The summed E-state index contributed by atoms with van der Waals surface area (Å²) < 4.78 is 39.5. The largest absolute Gasteiger partial charge is 0.508 e. The van der Waals surface area contributed by atoms with Crippen molar-refractivity contribution < 1.29 is 118 Å². The number of benzene rings is 6. The summed E-state index contributed by atoms with van der Waals surface area (Å²) in [6.07, 6.45) is -18.4. The van der Waals surface area contributed by atoms with Crippen LogP contribution in [0.3, 0.4) is 0 Å². The van der Waals surface area contributed by atoms with Crippen molar-refractivity contribution in [2.75, 3.05) is 13.6 Å². The summed E-state index contributed by atoms with van der Waals surface area (Å²) in [5, 5.41) is 136. The molecule has 0 radical (unpaired) electrons. The molecule has 6 aromatic rings. The molecule has 11 bridgehead atoms. The van der Waals surface area contributed by atoms with Crippen molar-refractivity contribution >= 4 is 82.1 Å². The van der Waals surface area contributed by atoms with Gasteiger partial charge in [0.05, 0.1) is 34.7 Å². The topological polar surface area (TPSA) is 543 Å². The summed E-state index contributed by atoms with van der Waals surface area (Å²) >= 11 is 20.6. The van der Waals surface area contributed by atoms with Gasteiger partial charge in [0, 0.05) is 58.4 Å².